The molecule has 222 valence electrons. The predicted octanol–water partition coefficient (Wildman–Crippen LogP) is 12.3. The quantitative estimate of drug-likeness (QED) is 0.171. The van der Waals surface area contributed by atoms with E-state index in [1.807, 2.05) is 91.0 Å². The van der Waals surface area contributed by atoms with Crippen molar-refractivity contribution in [3.05, 3.63) is 215 Å². The van der Waals surface area contributed by atoms with Gasteiger partial charge in [0.15, 0.2) is 0 Å². The van der Waals surface area contributed by atoms with Gasteiger partial charge in [0.25, 0.3) is 0 Å². The Balaban J connectivity index is 0.000000259. The highest BCUT2D eigenvalue weighted by Gasteiger charge is 1.84. The number of aryl methyl sites for hydroxylation is 7. The third-order valence-electron chi connectivity index (χ3n) is 6.34. The topological polar surface area (TPSA) is 0 Å². The minimum Gasteiger partial charge on any atom is -0.0623 e. The van der Waals surface area contributed by atoms with E-state index in [1.165, 1.54) is 38.9 Å². The smallest absolute Gasteiger partial charge is 0.0395 e. The van der Waals surface area contributed by atoms with Crippen molar-refractivity contribution in [2.24, 2.45) is 0 Å². The van der Waals surface area contributed by atoms with Gasteiger partial charge in [-0.1, -0.05) is 193 Å². The molecule has 0 amide bonds. The summed E-state index contributed by atoms with van der Waals surface area (Å²) in [5, 5.41) is 0. The zero-order chi connectivity index (χ0) is 31.5. The van der Waals surface area contributed by atoms with E-state index in [0.717, 1.165) is 0 Å². The summed E-state index contributed by atoms with van der Waals surface area (Å²) in [5.41, 5.74) is 9.44. The maximum atomic E-state index is 2.12. The van der Waals surface area contributed by atoms with E-state index in [2.05, 4.69) is 133 Å². The lowest BCUT2D eigenvalue weighted by Crippen LogP contribution is -1.74. The van der Waals surface area contributed by atoms with Crippen LogP contribution in [0.15, 0.2) is 176 Å². The van der Waals surface area contributed by atoms with Crippen LogP contribution in [0.2, 0.25) is 0 Å². The zero-order valence-electron chi connectivity index (χ0n) is 27.2. The first kappa shape index (κ1) is 36.3. The van der Waals surface area contributed by atoms with Crippen molar-refractivity contribution < 1.29 is 0 Å². The Morgan fingerprint density at radius 1 is 0.186 bits per heavy atom. The lowest BCUT2D eigenvalue weighted by molar-refractivity contribution is 1.34. The highest BCUT2D eigenvalue weighted by Crippen LogP contribution is 2.03. The molecule has 0 bridgehead atoms. The van der Waals surface area contributed by atoms with Crippen LogP contribution in [0, 0.1) is 48.5 Å². The summed E-state index contributed by atoms with van der Waals surface area (Å²) >= 11 is 0. The summed E-state index contributed by atoms with van der Waals surface area (Å²) < 4.78 is 0. The van der Waals surface area contributed by atoms with E-state index in [1.54, 1.807) is 0 Å². The molecule has 0 aliphatic carbocycles. The molecule has 6 rings (SSSR count). The minimum atomic E-state index is 1.32. The van der Waals surface area contributed by atoms with E-state index in [0.29, 0.717) is 0 Å². The Morgan fingerprint density at radius 2 is 0.326 bits per heavy atom. The van der Waals surface area contributed by atoms with Gasteiger partial charge in [0, 0.05) is 0 Å². The average Bonchev–Trinajstić information content (AvgIpc) is 3.04. The third kappa shape index (κ3) is 20.8. The molecule has 0 aromatic heterocycles. The van der Waals surface area contributed by atoms with Crippen molar-refractivity contribution in [2.45, 2.75) is 48.5 Å². The fourth-order valence-electron chi connectivity index (χ4n) is 3.31. The number of rotatable bonds is 0. The van der Waals surface area contributed by atoms with Crippen LogP contribution in [0.25, 0.3) is 0 Å². The monoisotopic (exact) mass is 566 g/mol. The molecule has 0 N–H and O–H groups in total. The summed E-state index contributed by atoms with van der Waals surface area (Å²) in [6.45, 7) is 14.7. The van der Waals surface area contributed by atoms with E-state index >= 15 is 0 Å². The van der Waals surface area contributed by atoms with Gasteiger partial charge in [-0.25, -0.2) is 0 Å². The molecule has 0 aliphatic rings. The zero-order valence-corrected chi connectivity index (χ0v) is 27.2. The van der Waals surface area contributed by atoms with Gasteiger partial charge in [0.1, 0.15) is 0 Å². The molecule has 6 aromatic carbocycles. The predicted molar refractivity (Wildman–Crippen MR) is 192 cm³/mol. The van der Waals surface area contributed by atoms with Crippen molar-refractivity contribution in [1.82, 2.24) is 0 Å². The van der Waals surface area contributed by atoms with Gasteiger partial charge < -0.3 is 0 Å². The first-order chi connectivity index (χ1) is 20.8. The molecule has 0 spiro atoms. The Labute approximate surface area is 262 Å². The lowest BCUT2D eigenvalue weighted by atomic mass is 10.1. The van der Waals surface area contributed by atoms with Gasteiger partial charge in [0.05, 0.1) is 0 Å². The van der Waals surface area contributed by atoms with Crippen LogP contribution in [-0.2, 0) is 0 Å². The highest BCUT2D eigenvalue weighted by molar-refractivity contribution is 5.24. The van der Waals surface area contributed by atoms with Gasteiger partial charge in [0.2, 0.25) is 0 Å². The van der Waals surface area contributed by atoms with Crippen molar-refractivity contribution in [3.63, 3.8) is 0 Å². The summed E-state index contributed by atoms with van der Waals surface area (Å²) in [6.07, 6.45) is 0. The van der Waals surface area contributed by atoms with Crippen LogP contribution in [0.1, 0.15) is 38.9 Å². The molecule has 0 saturated heterocycles. The van der Waals surface area contributed by atoms with Crippen LogP contribution < -0.4 is 0 Å². The summed E-state index contributed by atoms with van der Waals surface area (Å²) in [5.74, 6) is 0. The molecule has 0 nitrogen and oxygen atoms in total. The lowest BCUT2D eigenvalue weighted by Gasteiger charge is -1.93. The number of benzene rings is 6. The molecule has 0 unspecified atom stereocenters. The second-order valence-corrected chi connectivity index (χ2v) is 10.3. The molecule has 0 fully saturated rings. The van der Waals surface area contributed by atoms with Crippen molar-refractivity contribution in [3.8, 4) is 0 Å². The van der Waals surface area contributed by atoms with E-state index < -0.39 is 0 Å². The van der Waals surface area contributed by atoms with Crippen LogP contribution in [0.5, 0.6) is 0 Å². The SMILES string of the molecule is Cc1ccccc1.Cc1ccccc1.Cc1ccccc1.Cc1ccccc1C.Cc1ccccc1C.c1ccccc1. The Morgan fingerprint density at radius 3 is 0.442 bits per heavy atom. The summed E-state index contributed by atoms with van der Waals surface area (Å²) in [4.78, 5) is 0. The van der Waals surface area contributed by atoms with Gasteiger partial charge in [-0.3, -0.25) is 0 Å². The van der Waals surface area contributed by atoms with Crippen LogP contribution in [0.3, 0.4) is 0 Å². The molecular formula is C43H50. The van der Waals surface area contributed by atoms with E-state index in [-0.39, 0.29) is 0 Å². The normalized spacial score (nSPS) is 8.81. The minimum absolute atomic E-state index is 1.32. The molecular weight excluding hydrogens is 516 g/mol. The molecule has 0 aliphatic heterocycles. The number of hydrogen-bond donors (Lipinski definition) is 0. The Hall–Kier alpha value is -4.68. The third-order valence-corrected chi connectivity index (χ3v) is 6.34. The van der Waals surface area contributed by atoms with Gasteiger partial charge in [-0.2, -0.15) is 0 Å². The maximum absolute atomic E-state index is 2.12. The van der Waals surface area contributed by atoms with E-state index in [4.69, 9.17) is 0 Å². The summed E-state index contributed by atoms with van der Waals surface area (Å²) in [7, 11) is 0. The van der Waals surface area contributed by atoms with Gasteiger partial charge in [-0.15, -0.1) is 0 Å². The largest absolute Gasteiger partial charge is 0.0623 e. The average molecular weight is 567 g/mol. The molecule has 0 saturated carbocycles. The second kappa shape index (κ2) is 24.0. The second-order valence-electron chi connectivity index (χ2n) is 10.3. The van der Waals surface area contributed by atoms with Crippen LogP contribution in [0.4, 0.5) is 0 Å². The van der Waals surface area contributed by atoms with Crippen LogP contribution >= 0.6 is 0 Å². The highest BCUT2D eigenvalue weighted by atomic mass is 13.9. The van der Waals surface area contributed by atoms with Crippen molar-refractivity contribution in [2.75, 3.05) is 0 Å². The Kier molecular flexibility index (Phi) is 20.3. The standard InChI is InChI=1S/2C8H10.3C7H8.C6H6/c2*1-7-5-3-4-6-8(7)2;3*1-7-5-3-2-4-6-7;1-2-4-6-5-3-1/h2*3-6H,1-2H3;3*2-6H,1H3;1-6H. The van der Waals surface area contributed by atoms with Gasteiger partial charge >= 0.3 is 0 Å². The maximum Gasteiger partial charge on any atom is -0.0395 e. The van der Waals surface area contributed by atoms with Crippen LogP contribution in [-0.4, -0.2) is 0 Å². The first-order valence-electron chi connectivity index (χ1n) is 14.9. The molecule has 0 radical (unpaired) electrons. The Bertz CT molecular complexity index is 1240. The van der Waals surface area contributed by atoms with Crippen molar-refractivity contribution >= 4 is 0 Å². The number of hydrogen-bond acceptors (Lipinski definition) is 0. The summed E-state index contributed by atoms with van der Waals surface area (Å²) in [6, 6.07) is 59.5. The molecule has 6 aromatic rings. The molecule has 43 heavy (non-hydrogen) atoms. The van der Waals surface area contributed by atoms with Crippen molar-refractivity contribution in [1.29, 1.82) is 0 Å². The van der Waals surface area contributed by atoms with E-state index in [9.17, 15) is 0 Å². The first-order valence-corrected chi connectivity index (χ1v) is 14.9. The molecule has 0 heteroatoms. The molecule has 0 heterocycles. The van der Waals surface area contributed by atoms with Gasteiger partial charge in [-0.05, 0) is 70.7 Å². The molecule has 0 atom stereocenters. The fraction of sp³-hybridized carbons (Fsp3) is 0.163. The fourth-order valence-corrected chi connectivity index (χ4v) is 3.31.